The second kappa shape index (κ2) is 6.68. The first-order valence-corrected chi connectivity index (χ1v) is 6.45. The maximum atomic E-state index is 12.0. The lowest BCUT2D eigenvalue weighted by Gasteiger charge is -2.26. The van der Waals surface area contributed by atoms with Crippen LogP contribution in [0.5, 0.6) is 0 Å². The number of hydrogen-bond acceptors (Lipinski definition) is 3. The Hall–Kier alpha value is -1.39. The molecule has 0 saturated carbocycles. The lowest BCUT2D eigenvalue weighted by Crippen LogP contribution is -2.48. The van der Waals surface area contributed by atoms with Gasteiger partial charge in [0.15, 0.2) is 0 Å². The molecule has 0 radical (unpaired) electrons. The van der Waals surface area contributed by atoms with Crippen molar-refractivity contribution >= 4 is 5.91 Å². The van der Waals surface area contributed by atoms with E-state index >= 15 is 0 Å². The molecule has 0 aliphatic carbocycles. The van der Waals surface area contributed by atoms with Crippen molar-refractivity contribution in [2.75, 3.05) is 7.11 Å². The SMILES string of the molecule is COCc1ccccc1CNC(=O)C(N)C(C)(C)C. The normalized spacial score (nSPS) is 13.1. The number of nitrogens with one attached hydrogen (secondary N) is 1. The van der Waals surface area contributed by atoms with Gasteiger partial charge in [-0.25, -0.2) is 0 Å². The van der Waals surface area contributed by atoms with Crippen molar-refractivity contribution in [3.63, 3.8) is 0 Å². The van der Waals surface area contributed by atoms with E-state index in [1.54, 1.807) is 7.11 Å². The molecule has 1 unspecified atom stereocenters. The van der Waals surface area contributed by atoms with Gasteiger partial charge in [-0.2, -0.15) is 0 Å². The fourth-order valence-corrected chi connectivity index (χ4v) is 1.71. The molecule has 4 heteroatoms. The molecule has 1 rings (SSSR count). The van der Waals surface area contributed by atoms with Crippen LogP contribution in [0.1, 0.15) is 31.9 Å². The molecule has 106 valence electrons. The summed E-state index contributed by atoms with van der Waals surface area (Å²) in [4.78, 5) is 12.0. The zero-order valence-corrected chi connectivity index (χ0v) is 12.2. The highest BCUT2D eigenvalue weighted by Gasteiger charge is 2.27. The van der Waals surface area contributed by atoms with Gasteiger partial charge in [-0.1, -0.05) is 45.0 Å². The lowest BCUT2D eigenvalue weighted by atomic mass is 9.87. The molecular weight excluding hydrogens is 240 g/mol. The fraction of sp³-hybridized carbons (Fsp3) is 0.533. The Morgan fingerprint density at radius 1 is 1.32 bits per heavy atom. The Morgan fingerprint density at radius 2 is 1.89 bits per heavy atom. The third-order valence-electron chi connectivity index (χ3n) is 3.09. The number of hydrogen-bond donors (Lipinski definition) is 2. The van der Waals surface area contributed by atoms with Gasteiger partial charge in [-0.05, 0) is 16.5 Å². The highest BCUT2D eigenvalue weighted by molar-refractivity contribution is 5.82. The monoisotopic (exact) mass is 264 g/mol. The lowest BCUT2D eigenvalue weighted by molar-refractivity contribution is -0.124. The predicted molar refractivity (Wildman–Crippen MR) is 76.4 cm³/mol. The standard InChI is InChI=1S/C15H24N2O2/c1-15(2,3)13(16)14(18)17-9-11-7-5-6-8-12(11)10-19-4/h5-8,13H,9-10,16H2,1-4H3,(H,17,18). The third kappa shape index (κ3) is 4.65. The van der Waals surface area contributed by atoms with Crippen molar-refractivity contribution in [3.8, 4) is 0 Å². The van der Waals surface area contributed by atoms with Gasteiger partial charge >= 0.3 is 0 Å². The molecule has 0 saturated heterocycles. The molecule has 0 aliphatic heterocycles. The second-order valence-corrected chi connectivity index (χ2v) is 5.76. The van der Waals surface area contributed by atoms with E-state index in [-0.39, 0.29) is 11.3 Å². The van der Waals surface area contributed by atoms with Crippen LogP contribution in [0.4, 0.5) is 0 Å². The van der Waals surface area contributed by atoms with Crippen LogP contribution in [0, 0.1) is 5.41 Å². The van der Waals surface area contributed by atoms with Gasteiger partial charge in [0.05, 0.1) is 12.6 Å². The first-order valence-electron chi connectivity index (χ1n) is 6.45. The Kier molecular flexibility index (Phi) is 5.51. The summed E-state index contributed by atoms with van der Waals surface area (Å²) >= 11 is 0. The van der Waals surface area contributed by atoms with Crippen molar-refractivity contribution in [2.24, 2.45) is 11.1 Å². The maximum Gasteiger partial charge on any atom is 0.237 e. The number of nitrogens with two attached hydrogens (primary N) is 1. The predicted octanol–water partition coefficient (Wildman–Crippen LogP) is 1.82. The van der Waals surface area contributed by atoms with E-state index in [2.05, 4.69) is 5.32 Å². The summed E-state index contributed by atoms with van der Waals surface area (Å²) in [6.45, 7) is 6.88. The largest absolute Gasteiger partial charge is 0.380 e. The highest BCUT2D eigenvalue weighted by atomic mass is 16.5. The van der Waals surface area contributed by atoms with Crippen LogP contribution in [0.25, 0.3) is 0 Å². The zero-order valence-electron chi connectivity index (χ0n) is 12.2. The highest BCUT2D eigenvalue weighted by Crippen LogP contribution is 2.17. The third-order valence-corrected chi connectivity index (χ3v) is 3.09. The Labute approximate surface area is 115 Å². The van der Waals surface area contributed by atoms with Crippen molar-refractivity contribution < 1.29 is 9.53 Å². The molecule has 0 aromatic heterocycles. The van der Waals surface area contributed by atoms with Gasteiger partial charge < -0.3 is 15.8 Å². The number of rotatable bonds is 5. The summed E-state index contributed by atoms with van der Waals surface area (Å²) in [7, 11) is 1.66. The molecule has 4 nitrogen and oxygen atoms in total. The first-order chi connectivity index (χ1) is 8.86. The van der Waals surface area contributed by atoms with Crippen LogP contribution in [0.3, 0.4) is 0 Å². The van der Waals surface area contributed by atoms with Gasteiger partial charge in [0.2, 0.25) is 5.91 Å². The Morgan fingerprint density at radius 3 is 2.42 bits per heavy atom. The van der Waals surface area contributed by atoms with E-state index in [1.165, 1.54) is 0 Å². The molecule has 1 atom stereocenters. The topological polar surface area (TPSA) is 64.3 Å². The van der Waals surface area contributed by atoms with Crippen LogP contribution in [0.15, 0.2) is 24.3 Å². The number of benzene rings is 1. The quantitative estimate of drug-likeness (QED) is 0.852. The number of carbonyl (C=O) groups is 1. The second-order valence-electron chi connectivity index (χ2n) is 5.76. The Bertz CT molecular complexity index is 424. The number of ether oxygens (including phenoxy) is 1. The summed E-state index contributed by atoms with van der Waals surface area (Å²) in [5, 5.41) is 2.88. The molecule has 0 spiro atoms. The Balaban J connectivity index is 2.64. The van der Waals surface area contributed by atoms with Crippen molar-refractivity contribution in [3.05, 3.63) is 35.4 Å². The van der Waals surface area contributed by atoms with Gasteiger partial charge in [0.1, 0.15) is 0 Å². The molecule has 3 N–H and O–H groups in total. The fourth-order valence-electron chi connectivity index (χ4n) is 1.71. The molecule has 0 aliphatic rings. The summed E-state index contributed by atoms with van der Waals surface area (Å²) < 4.78 is 5.14. The zero-order chi connectivity index (χ0) is 14.5. The molecule has 1 aromatic rings. The van der Waals surface area contributed by atoms with E-state index < -0.39 is 6.04 Å². The van der Waals surface area contributed by atoms with E-state index in [9.17, 15) is 4.79 Å². The van der Waals surface area contributed by atoms with E-state index in [1.807, 2.05) is 45.0 Å². The molecule has 0 bridgehead atoms. The minimum atomic E-state index is -0.512. The van der Waals surface area contributed by atoms with Crippen molar-refractivity contribution in [1.29, 1.82) is 0 Å². The average molecular weight is 264 g/mol. The van der Waals surface area contributed by atoms with Crippen LogP contribution in [0.2, 0.25) is 0 Å². The van der Waals surface area contributed by atoms with Gasteiger partial charge in [0.25, 0.3) is 0 Å². The smallest absolute Gasteiger partial charge is 0.237 e. The minimum absolute atomic E-state index is 0.125. The summed E-state index contributed by atoms with van der Waals surface area (Å²) in [6, 6.07) is 7.37. The van der Waals surface area contributed by atoms with E-state index in [0.29, 0.717) is 13.2 Å². The van der Waals surface area contributed by atoms with Gasteiger partial charge in [-0.3, -0.25) is 4.79 Å². The first kappa shape index (κ1) is 15.7. The molecule has 19 heavy (non-hydrogen) atoms. The van der Waals surface area contributed by atoms with Crippen LogP contribution in [-0.4, -0.2) is 19.1 Å². The summed E-state index contributed by atoms with van der Waals surface area (Å²) in [6.07, 6.45) is 0. The van der Waals surface area contributed by atoms with E-state index in [0.717, 1.165) is 11.1 Å². The van der Waals surface area contributed by atoms with Crippen LogP contribution < -0.4 is 11.1 Å². The molecule has 0 heterocycles. The number of carbonyl (C=O) groups excluding carboxylic acids is 1. The molecule has 1 aromatic carbocycles. The molecule has 1 amide bonds. The molecule has 0 fully saturated rings. The van der Waals surface area contributed by atoms with Crippen LogP contribution >= 0.6 is 0 Å². The molecular formula is C15H24N2O2. The van der Waals surface area contributed by atoms with Gasteiger partial charge in [0, 0.05) is 13.7 Å². The van der Waals surface area contributed by atoms with Crippen molar-refractivity contribution in [2.45, 2.75) is 40.0 Å². The van der Waals surface area contributed by atoms with Crippen molar-refractivity contribution in [1.82, 2.24) is 5.32 Å². The van der Waals surface area contributed by atoms with Crippen LogP contribution in [-0.2, 0) is 22.7 Å². The van der Waals surface area contributed by atoms with E-state index in [4.69, 9.17) is 10.5 Å². The average Bonchev–Trinajstić information content (AvgIpc) is 2.35. The minimum Gasteiger partial charge on any atom is -0.380 e. The summed E-state index contributed by atoms with van der Waals surface area (Å²) in [5.41, 5.74) is 7.81. The number of methoxy groups -OCH3 is 1. The summed E-state index contributed by atoms with van der Waals surface area (Å²) in [5.74, 6) is -0.125. The number of amides is 1. The maximum absolute atomic E-state index is 12.0. The van der Waals surface area contributed by atoms with Gasteiger partial charge in [-0.15, -0.1) is 0 Å².